The molecule has 0 amide bonds. The SMILES string of the molecule is CNc1cc(-c2ccccc2)nc(C(C)(C)OC)n1. The van der Waals surface area contributed by atoms with Gasteiger partial charge >= 0.3 is 0 Å². The number of benzene rings is 1. The number of rotatable bonds is 4. The van der Waals surface area contributed by atoms with Gasteiger partial charge in [0.05, 0.1) is 5.69 Å². The Labute approximate surface area is 113 Å². The standard InChI is InChI=1S/C15H19N3O/c1-15(2,19-4)14-17-12(10-13(16-3)18-14)11-8-6-5-7-9-11/h5-10H,1-4H3,(H,16,17,18). The Bertz CT molecular complexity index is 553. The van der Waals surface area contributed by atoms with Crippen LogP contribution in [0.1, 0.15) is 19.7 Å². The van der Waals surface area contributed by atoms with E-state index in [1.807, 2.05) is 57.3 Å². The van der Waals surface area contributed by atoms with Crippen molar-refractivity contribution < 1.29 is 4.74 Å². The first-order valence-electron chi connectivity index (χ1n) is 6.24. The molecular formula is C15H19N3O. The predicted molar refractivity (Wildman–Crippen MR) is 77.0 cm³/mol. The zero-order valence-electron chi connectivity index (χ0n) is 11.8. The van der Waals surface area contributed by atoms with Gasteiger partial charge in [-0.05, 0) is 13.8 Å². The molecule has 0 bridgehead atoms. The minimum absolute atomic E-state index is 0.517. The number of aromatic nitrogens is 2. The third-order valence-corrected chi connectivity index (χ3v) is 3.10. The Balaban J connectivity index is 2.54. The van der Waals surface area contributed by atoms with Gasteiger partial charge in [0, 0.05) is 25.8 Å². The van der Waals surface area contributed by atoms with Crippen molar-refractivity contribution >= 4 is 5.82 Å². The van der Waals surface area contributed by atoms with Gasteiger partial charge in [0.2, 0.25) is 0 Å². The lowest BCUT2D eigenvalue weighted by Crippen LogP contribution is -2.23. The minimum atomic E-state index is -0.517. The number of anilines is 1. The van der Waals surface area contributed by atoms with E-state index in [9.17, 15) is 0 Å². The van der Waals surface area contributed by atoms with Crippen molar-refractivity contribution in [3.63, 3.8) is 0 Å². The van der Waals surface area contributed by atoms with Crippen LogP contribution in [-0.4, -0.2) is 24.1 Å². The molecule has 1 aromatic carbocycles. The number of methoxy groups -OCH3 is 1. The molecule has 0 fully saturated rings. The predicted octanol–water partition coefficient (Wildman–Crippen LogP) is 3.07. The summed E-state index contributed by atoms with van der Waals surface area (Å²) in [4.78, 5) is 9.09. The van der Waals surface area contributed by atoms with E-state index in [0.29, 0.717) is 5.82 Å². The van der Waals surface area contributed by atoms with Gasteiger partial charge in [-0.15, -0.1) is 0 Å². The van der Waals surface area contributed by atoms with E-state index >= 15 is 0 Å². The van der Waals surface area contributed by atoms with Gasteiger partial charge in [0.25, 0.3) is 0 Å². The second-order valence-electron chi connectivity index (χ2n) is 4.79. The van der Waals surface area contributed by atoms with Gasteiger partial charge in [-0.3, -0.25) is 0 Å². The molecule has 0 unspecified atom stereocenters. The molecule has 0 aliphatic rings. The summed E-state index contributed by atoms with van der Waals surface area (Å²) in [5, 5.41) is 3.07. The lowest BCUT2D eigenvalue weighted by molar-refractivity contribution is 0.0117. The molecule has 19 heavy (non-hydrogen) atoms. The summed E-state index contributed by atoms with van der Waals surface area (Å²) in [5.41, 5.74) is 1.44. The Hall–Kier alpha value is -1.94. The van der Waals surface area contributed by atoms with Crippen LogP contribution in [0.2, 0.25) is 0 Å². The van der Waals surface area contributed by atoms with Crippen LogP contribution in [-0.2, 0) is 10.3 Å². The molecule has 2 rings (SSSR count). The third kappa shape index (κ3) is 2.90. The molecule has 0 spiro atoms. The van der Waals surface area contributed by atoms with Crippen molar-refractivity contribution in [2.75, 3.05) is 19.5 Å². The molecule has 0 saturated carbocycles. The fraction of sp³-hybridized carbons (Fsp3) is 0.333. The monoisotopic (exact) mass is 257 g/mol. The molecule has 1 heterocycles. The maximum absolute atomic E-state index is 5.46. The highest BCUT2D eigenvalue weighted by atomic mass is 16.5. The summed E-state index contributed by atoms with van der Waals surface area (Å²) >= 11 is 0. The molecule has 4 heteroatoms. The Morgan fingerprint density at radius 1 is 1.11 bits per heavy atom. The first-order valence-corrected chi connectivity index (χ1v) is 6.24. The van der Waals surface area contributed by atoms with Gasteiger partial charge in [0.15, 0.2) is 5.82 Å². The number of hydrogen-bond acceptors (Lipinski definition) is 4. The van der Waals surface area contributed by atoms with Crippen molar-refractivity contribution in [2.45, 2.75) is 19.4 Å². The maximum Gasteiger partial charge on any atom is 0.162 e. The zero-order valence-corrected chi connectivity index (χ0v) is 11.8. The minimum Gasteiger partial charge on any atom is -0.373 e. The van der Waals surface area contributed by atoms with Gasteiger partial charge in [-0.1, -0.05) is 30.3 Å². The Morgan fingerprint density at radius 3 is 2.37 bits per heavy atom. The lowest BCUT2D eigenvalue weighted by Gasteiger charge is -2.22. The van der Waals surface area contributed by atoms with E-state index < -0.39 is 5.60 Å². The Kier molecular flexibility index (Phi) is 3.81. The molecule has 0 aliphatic carbocycles. The van der Waals surface area contributed by atoms with E-state index in [1.165, 1.54) is 0 Å². The molecule has 1 aromatic heterocycles. The van der Waals surface area contributed by atoms with Crippen LogP contribution >= 0.6 is 0 Å². The average Bonchev–Trinajstić information content (AvgIpc) is 2.47. The lowest BCUT2D eigenvalue weighted by atomic mass is 10.1. The van der Waals surface area contributed by atoms with Crippen LogP contribution in [0.5, 0.6) is 0 Å². The van der Waals surface area contributed by atoms with Crippen molar-refractivity contribution in [2.24, 2.45) is 0 Å². The van der Waals surface area contributed by atoms with Gasteiger partial charge in [-0.25, -0.2) is 9.97 Å². The number of ether oxygens (including phenoxy) is 1. The van der Waals surface area contributed by atoms with Crippen molar-refractivity contribution in [1.82, 2.24) is 9.97 Å². The van der Waals surface area contributed by atoms with Crippen LogP contribution in [0.25, 0.3) is 11.3 Å². The highest BCUT2D eigenvalue weighted by molar-refractivity contribution is 5.62. The molecule has 100 valence electrons. The molecule has 1 N–H and O–H groups in total. The van der Waals surface area contributed by atoms with Crippen molar-refractivity contribution in [3.05, 3.63) is 42.2 Å². The van der Waals surface area contributed by atoms with E-state index in [0.717, 1.165) is 17.1 Å². The maximum atomic E-state index is 5.46. The first kappa shape index (κ1) is 13.5. The summed E-state index contributed by atoms with van der Waals surface area (Å²) in [5.74, 6) is 1.45. The van der Waals surface area contributed by atoms with Gasteiger partial charge < -0.3 is 10.1 Å². The third-order valence-electron chi connectivity index (χ3n) is 3.10. The quantitative estimate of drug-likeness (QED) is 0.914. The van der Waals surface area contributed by atoms with Crippen LogP contribution in [0.15, 0.2) is 36.4 Å². The van der Waals surface area contributed by atoms with E-state index in [-0.39, 0.29) is 0 Å². The Morgan fingerprint density at radius 2 is 1.79 bits per heavy atom. The number of hydrogen-bond donors (Lipinski definition) is 1. The number of nitrogens with zero attached hydrogens (tertiary/aromatic N) is 2. The molecule has 2 aromatic rings. The molecule has 0 radical (unpaired) electrons. The van der Waals surface area contributed by atoms with E-state index in [4.69, 9.17) is 4.74 Å². The van der Waals surface area contributed by atoms with Crippen LogP contribution in [0.3, 0.4) is 0 Å². The summed E-state index contributed by atoms with van der Waals surface area (Å²) in [6.45, 7) is 3.91. The van der Waals surface area contributed by atoms with E-state index in [1.54, 1.807) is 7.11 Å². The summed E-state index contributed by atoms with van der Waals surface area (Å²) < 4.78 is 5.46. The summed E-state index contributed by atoms with van der Waals surface area (Å²) in [6.07, 6.45) is 0. The summed E-state index contributed by atoms with van der Waals surface area (Å²) in [6, 6.07) is 12.0. The fourth-order valence-electron chi connectivity index (χ4n) is 1.69. The van der Waals surface area contributed by atoms with Crippen LogP contribution in [0.4, 0.5) is 5.82 Å². The second kappa shape index (κ2) is 5.36. The molecule has 4 nitrogen and oxygen atoms in total. The summed E-state index contributed by atoms with van der Waals surface area (Å²) in [7, 11) is 3.51. The van der Waals surface area contributed by atoms with Crippen LogP contribution in [0, 0.1) is 0 Å². The topological polar surface area (TPSA) is 47.0 Å². The number of nitrogens with one attached hydrogen (secondary N) is 1. The highest BCUT2D eigenvalue weighted by Crippen LogP contribution is 2.26. The second-order valence-corrected chi connectivity index (χ2v) is 4.79. The van der Waals surface area contributed by atoms with Crippen LogP contribution < -0.4 is 5.32 Å². The van der Waals surface area contributed by atoms with E-state index in [2.05, 4.69) is 15.3 Å². The first-order chi connectivity index (χ1) is 9.06. The van der Waals surface area contributed by atoms with Gasteiger partial charge in [-0.2, -0.15) is 0 Å². The molecule has 0 saturated heterocycles. The van der Waals surface area contributed by atoms with Gasteiger partial charge in [0.1, 0.15) is 11.4 Å². The smallest absolute Gasteiger partial charge is 0.162 e. The zero-order chi connectivity index (χ0) is 13.9. The molecule has 0 aliphatic heterocycles. The van der Waals surface area contributed by atoms with Crippen molar-refractivity contribution in [1.29, 1.82) is 0 Å². The molecular weight excluding hydrogens is 238 g/mol. The fourth-order valence-corrected chi connectivity index (χ4v) is 1.69. The normalized spacial score (nSPS) is 11.4. The van der Waals surface area contributed by atoms with Crippen molar-refractivity contribution in [3.8, 4) is 11.3 Å². The average molecular weight is 257 g/mol. The highest BCUT2D eigenvalue weighted by Gasteiger charge is 2.24. The molecule has 0 atom stereocenters. The largest absolute Gasteiger partial charge is 0.373 e.